The molecule has 0 saturated carbocycles. The van der Waals surface area contributed by atoms with Gasteiger partial charge in [0.05, 0.1) is 18.0 Å². The predicted octanol–water partition coefficient (Wildman–Crippen LogP) is 4.90. The third-order valence-electron chi connectivity index (χ3n) is 4.20. The molecule has 1 aromatic carbocycles. The van der Waals surface area contributed by atoms with E-state index in [9.17, 15) is 5.11 Å². The van der Waals surface area contributed by atoms with Gasteiger partial charge in [0.1, 0.15) is 5.82 Å². The van der Waals surface area contributed by atoms with E-state index in [0.717, 1.165) is 17.1 Å². The van der Waals surface area contributed by atoms with Crippen molar-refractivity contribution in [2.24, 2.45) is 0 Å². The summed E-state index contributed by atoms with van der Waals surface area (Å²) in [4.78, 5) is 7.61. The predicted molar refractivity (Wildman–Crippen MR) is 96.5 cm³/mol. The fourth-order valence-electron chi connectivity index (χ4n) is 2.85. The molecule has 0 spiro atoms. The molecule has 3 nitrogen and oxygen atoms in total. The van der Waals surface area contributed by atoms with Gasteiger partial charge < -0.3 is 10.1 Å². The molecule has 2 aromatic rings. The molecule has 0 fully saturated rings. The maximum Gasteiger partial charge on any atom is 0.109 e. The standard InChI is InChI=1S/C20H30N2O/c1-3-4-5-6-7-8-9-17-10-12-18(13-11-17)19-15-21-20(22-19)14-16(2)23/h10-13,15-16,23H,3-9,14H2,1-2H3,(H,21,22). The van der Waals surface area contributed by atoms with Crippen molar-refractivity contribution < 1.29 is 5.11 Å². The van der Waals surface area contributed by atoms with Gasteiger partial charge in [0.25, 0.3) is 0 Å². The van der Waals surface area contributed by atoms with Gasteiger partial charge in [-0.2, -0.15) is 0 Å². The Labute approximate surface area is 140 Å². The number of hydrogen-bond donors (Lipinski definition) is 2. The first-order valence-electron chi connectivity index (χ1n) is 9.00. The van der Waals surface area contributed by atoms with Gasteiger partial charge in [-0.1, -0.05) is 63.3 Å². The molecule has 0 bridgehead atoms. The number of H-pyrrole nitrogens is 1. The van der Waals surface area contributed by atoms with Crippen LogP contribution >= 0.6 is 0 Å². The van der Waals surface area contributed by atoms with Crippen molar-refractivity contribution in [1.82, 2.24) is 9.97 Å². The summed E-state index contributed by atoms with van der Waals surface area (Å²) in [5.74, 6) is 0.839. The van der Waals surface area contributed by atoms with Crippen molar-refractivity contribution >= 4 is 0 Å². The highest BCUT2D eigenvalue weighted by molar-refractivity contribution is 5.58. The number of rotatable bonds is 10. The molecular formula is C20H30N2O. The molecule has 0 amide bonds. The van der Waals surface area contributed by atoms with Crippen LogP contribution in [0.2, 0.25) is 0 Å². The summed E-state index contributed by atoms with van der Waals surface area (Å²) >= 11 is 0. The Morgan fingerprint density at radius 1 is 1.04 bits per heavy atom. The molecule has 126 valence electrons. The number of benzene rings is 1. The summed E-state index contributed by atoms with van der Waals surface area (Å²) < 4.78 is 0. The Hall–Kier alpha value is -1.61. The van der Waals surface area contributed by atoms with E-state index in [0.29, 0.717) is 6.42 Å². The zero-order chi connectivity index (χ0) is 16.5. The monoisotopic (exact) mass is 314 g/mol. The fourth-order valence-corrected chi connectivity index (χ4v) is 2.85. The highest BCUT2D eigenvalue weighted by atomic mass is 16.3. The van der Waals surface area contributed by atoms with Gasteiger partial charge in [0.2, 0.25) is 0 Å². The summed E-state index contributed by atoms with van der Waals surface area (Å²) in [5.41, 5.74) is 3.58. The third kappa shape index (κ3) is 6.19. The van der Waals surface area contributed by atoms with Crippen LogP contribution in [0.4, 0.5) is 0 Å². The second kappa shape index (κ2) is 9.51. The molecule has 1 atom stereocenters. The second-order valence-electron chi connectivity index (χ2n) is 6.51. The van der Waals surface area contributed by atoms with E-state index in [1.54, 1.807) is 6.92 Å². The first kappa shape index (κ1) is 17.7. The molecule has 1 heterocycles. The van der Waals surface area contributed by atoms with Crippen LogP contribution in [0.15, 0.2) is 30.5 Å². The zero-order valence-electron chi connectivity index (χ0n) is 14.5. The maximum atomic E-state index is 9.41. The fraction of sp³-hybridized carbons (Fsp3) is 0.550. The van der Waals surface area contributed by atoms with Crippen LogP contribution in [0, 0.1) is 0 Å². The van der Waals surface area contributed by atoms with Crippen LogP contribution < -0.4 is 0 Å². The molecule has 0 saturated heterocycles. The van der Waals surface area contributed by atoms with Crippen molar-refractivity contribution in [3.63, 3.8) is 0 Å². The van der Waals surface area contributed by atoms with Gasteiger partial charge in [-0.25, -0.2) is 4.98 Å². The first-order valence-corrected chi connectivity index (χ1v) is 9.00. The number of aryl methyl sites for hydroxylation is 1. The molecule has 2 N–H and O–H groups in total. The van der Waals surface area contributed by atoms with Crippen molar-refractivity contribution in [1.29, 1.82) is 0 Å². The van der Waals surface area contributed by atoms with Gasteiger partial charge in [-0.3, -0.25) is 0 Å². The molecule has 2 rings (SSSR count). The van der Waals surface area contributed by atoms with E-state index < -0.39 is 0 Å². The van der Waals surface area contributed by atoms with Crippen molar-refractivity contribution in [2.45, 2.75) is 71.3 Å². The number of aliphatic hydroxyl groups is 1. The third-order valence-corrected chi connectivity index (χ3v) is 4.20. The minimum absolute atomic E-state index is 0.367. The number of aromatic amines is 1. The molecule has 0 radical (unpaired) electrons. The van der Waals surface area contributed by atoms with Gasteiger partial charge in [-0.05, 0) is 30.9 Å². The summed E-state index contributed by atoms with van der Waals surface area (Å²) in [7, 11) is 0. The molecule has 1 aromatic heterocycles. The highest BCUT2D eigenvalue weighted by Gasteiger charge is 2.06. The van der Waals surface area contributed by atoms with Crippen LogP contribution in [-0.2, 0) is 12.8 Å². The minimum atomic E-state index is -0.367. The normalized spacial score (nSPS) is 12.5. The van der Waals surface area contributed by atoms with E-state index in [1.165, 1.54) is 50.5 Å². The van der Waals surface area contributed by atoms with E-state index >= 15 is 0 Å². The smallest absolute Gasteiger partial charge is 0.109 e. The van der Waals surface area contributed by atoms with Gasteiger partial charge in [-0.15, -0.1) is 0 Å². The zero-order valence-corrected chi connectivity index (χ0v) is 14.5. The van der Waals surface area contributed by atoms with Crippen LogP contribution in [0.3, 0.4) is 0 Å². The summed E-state index contributed by atoms with van der Waals surface area (Å²) in [6.07, 6.45) is 11.3. The number of unbranched alkanes of at least 4 members (excludes halogenated alkanes) is 5. The van der Waals surface area contributed by atoms with Crippen LogP contribution in [-0.4, -0.2) is 21.2 Å². The van der Waals surface area contributed by atoms with Crippen LogP contribution in [0.1, 0.15) is 63.8 Å². The number of nitrogens with one attached hydrogen (secondary N) is 1. The molecule has 0 aliphatic carbocycles. The molecule has 0 aliphatic rings. The Morgan fingerprint density at radius 2 is 1.74 bits per heavy atom. The lowest BCUT2D eigenvalue weighted by Gasteiger charge is -2.04. The maximum absolute atomic E-state index is 9.41. The quantitative estimate of drug-likeness (QED) is 0.613. The lowest BCUT2D eigenvalue weighted by atomic mass is 10.0. The number of hydrogen-bond acceptors (Lipinski definition) is 2. The van der Waals surface area contributed by atoms with E-state index in [-0.39, 0.29) is 6.10 Å². The first-order chi connectivity index (χ1) is 11.2. The molecule has 0 aliphatic heterocycles. The molecule has 1 unspecified atom stereocenters. The Balaban J connectivity index is 1.81. The minimum Gasteiger partial charge on any atom is -0.393 e. The highest BCUT2D eigenvalue weighted by Crippen LogP contribution is 2.19. The summed E-state index contributed by atoms with van der Waals surface area (Å²) in [5, 5.41) is 9.41. The number of imidazole rings is 1. The average Bonchev–Trinajstić information content (AvgIpc) is 2.99. The van der Waals surface area contributed by atoms with Gasteiger partial charge in [0, 0.05) is 6.42 Å². The Morgan fingerprint density at radius 3 is 2.43 bits per heavy atom. The largest absolute Gasteiger partial charge is 0.393 e. The Bertz CT molecular complexity index is 557. The SMILES string of the molecule is CCCCCCCCc1ccc(-c2cnc(CC(C)O)[nH]2)cc1. The average molecular weight is 314 g/mol. The lowest BCUT2D eigenvalue weighted by Crippen LogP contribution is -2.05. The lowest BCUT2D eigenvalue weighted by molar-refractivity contribution is 0.193. The second-order valence-corrected chi connectivity index (χ2v) is 6.51. The van der Waals surface area contributed by atoms with Crippen molar-refractivity contribution in [3.8, 4) is 11.3 Å². The van der Waals surface area contributed by atoms with Crippen molar-refractivity contribution in [3.05, 3.63) is 41.9 Å². The molecule has 23 heavy (non-hydrogen) atoms. The van der Waals surface area contributed by atoms with Gasteiger partial charge in [0.15, 0.2) is 0 Å². The van der Waals surface area contributed by atoms with Crippen LogP contribution in [0.5, 0.6) is 0 Å². The van der Waals surface area contributed by atoms with Crippen molar-refractivity contribution in [2.75, 3.05) is 0 Å². The van der Waals surface area contributed by atoms with E-state index in [4.69, 9.17) is 0 Å². The van der Waals surface area contributed by atoms with Gasteiger partial charge >= 0.3 is 0 Å². The number of nitrogens with zero attached hydrogens (tertiary/aromatic N) is 1. The Kier molecular flexibility index (Phi) is 7.34. The number of aromatic nitrogens is 2. The van der Waals surface area contributed by atoms with E-state index in [1.807, 2.05) is 6.20 Å². The topological polar surface area (TPSA) is 48.9 Å². The van der Waals surface area contributed by atoms with Crippen LogP contribution in [0.25, 0.3) is 11.3 Å². The summed E-state index contributed by atoms with van der Waals surface area (Å²) in [6, 6.07) is 8.76. The summed E-state index contributed by atoms with van der Waals surface area (Å²) in [6.45, 7) is 4.04. The van der Waals surface area contributed by atoms with E-state index in [2.05, 4.69) is 41.2 Å². The molecule has 3 heteroatoms. The number of aliphatic hydroxyl groups excluding tert-OH is 1. The molecular weight excluding hydrogens is 284 g/mol.